The largest absolute Gasteiger partial charge is 0.375 e. The number of hydrogen-bond donors (Lipinski definition) is 2. The van der Waals surface area contributed by atoms with Crippen molar-refractivity contribution in [2.24, 2.45) is 0 Å². The van der Waals surface area contributed by atoms with Crippen LogP contribution in [-0.2, 0) is 4.74 Å². The highest BCUT2D eigenvalue weighted by Crippen LogP contribution is 2.41. The van der Waals surface area contributed by atoms with E-state index in [-0.39, 0.29) is 17.5 Å². The molecule has 0 bridgehead atoms. The van der Waals surface area contributed by atoms with E-state index in [4.69, 9.17) is 9.29 Å². The molecule has 21 heavy (non-hydrogen) atoms. The third-order valence-corrected chi connectivity index (χ3v) is 4.77. The summed E-state index contributed by atoms with van der Waals surface area (Å²) in [5, 5.41) is 3.65. The van der Waals surface area contributed by atoms with Gasteiger partial charge >= 0.3 is 0 Å². The maximum atomic E-state index is 13.1. The summed E-state index contributed by atoms with van der Waals surface area (Å²) in [5.41, 5.74) is 0.942. The molecule has 1 unspecified atom stereocenters. The van der Waals surface area contributed by atoms with Gasteiger partial charge in [0.15, 0.2) is 0 Å². The SMILES string of the molecule is COC(c1ccc(F)cc1)C1(NCCCSO)CCCC1. The Kier molecular flexibility index (Phi) is 6.48. The molecule has 0 amide bonds. The molecule has 0 aromatic heterocycles. The molecule has 1 aromatic rings. The van der Waals surface area contributed by atoms with Gasteiger partial charge in [-0.3, -0.25) is 0 Å². The summed E-state index contributed by atoms with van der Waals surface area (Å²) in [6, 6.07) is 6.61. The topological polar surface area (TPSA) is 41.5 Å². The molecule has 118 valence electrons. The smallest absolute Gasteiger partial charge is 0.123 e. The molecule has 0 spiro atoms. The lowest BCUT2D eigenvalue weighted by atomic mass is 9.85. The fourth-order valence-electron chi connectivity index (χ4n) is 3.33. The summed E-state index contributed by atoms with van der Waals surface area (Å²) in [7, 11) is 1.72. The lowest BCUT2D eigenvalue weighted by Gasteiger charge is -2.38. The number of halogens is 1. The minimum atomic E-state index is -0.220. The van der Waals surface area contributed by atoms with Crippen molar-refractivity contribution in [3.05, 3.63) is 35.6 Å². The van der Waals surface area contributed by atoms with Gasteiger partial charge in [-0.2, -0.15) is 0 Å². The molecule has 5 heteroatoms. The number of methoxy groups -OCH3 is 1. The van der Waals surface area contributed by atoms with Gasteiger partial charge in [-0.15, -0.1) is 0 Å². The van der Waals surface area contributed by atoms with E-state index < -0.39 is 0 Å². The van der Waals surface area contributed by atoms with Crippen LogP contribution in [-0.4, -0.2) is 29.5 Å². The van der Waals surface area contributed by atoms with Crippen LogP contribution in [0.15, 0.2) is 24.3 Å². The maximum Gasteiger partial charge on any atom is 0.123 e. The standard InChI is InChI=1S/C16H24FNO2S/c1-20-15(13-5-7-14(17)8-6-13)16(9-2-3-10-16)18-11-4-12-21-19/h5-8,15,18-19H,2-4,9-12H2,1H3. The van der Waals surface area contributed by atoms with E-state index in [2.05, 4.69) is 5.32 Å². The third-order valence-electron chi connectivity index (χ3n) is 4.30. The highest BCUT2D eigenvalue weighted by atomic mass is 32.2. The molecule has 1 atom stereocenters. The van der Waals surface area contributed by atoms with Crippen molar-refractivity contribution in [1.82, 2.24) is 5.32 Å². The minimum Gasteiger partial charge on any atom is -0.375 e. The van der Waals surface area contributed by atoms with Gasteiger partial charge in [-0.05, 0) is 55.5 Å². The van der Waals surface area contributed by atoms with Gasteiger partial charge in [0, 0.05) is 18.4 Å². The molecule has 0 saturated heterocycles. The van der Waals surface area contributed by atoms with Crippen molar-refractivity contribution in [3.63, 3.8) is 0 Å². The Balaban J connectivity index is 2.12. The van der Waals surface area contributed by atoms with Crippen molar-refractivity contribution in [1.29, 1.82) is 0 Å². The first-order valence-electron chi connectivity index (χ1n) is 7.51. The Morgan fingerprint density at radius 3 is 2.57 bits per heavy atom. The van der Waals surface area contributed by atoms with Gasteiger partial charge in [0.25, 0.3) is 0 Å². The molecular formula is C16H24FNO2S. The van der Waals surface area contributed by atoms with Crippen molar-refractivity contribution < 1.29 is 13.7 Å². The number of ether oxygens (including phenoxy) is 1. The van der Waals surface area contributed by atoms with Crippen LogP contribution in [0.3, 0.4) is 0 Å². The lowest BCUT2D eigenvalue weighted by Crippen LogP contribution is -2.49. The minimum absolute atomic E-state index is 0.0672. The average Bonchev–Trinajstić information content (AvgIpc) is 2.96. The monoisotopic (exact) mass is 313 g/mol. The quantitative estimate of drug-likeness (QED) is 0.562. The molecule has 1 fully saturated rings. The summed E-state index contributed by atoms with van der Waals surface area (Å²) in [6.07, 6.45) is 5.35. The van der Waals surface area contributed by atoms with E-state index in [9.17, 15) is 4.39 Å². The molecule has 2 N–H and O–H groups in total. The first kappa shape index (κ1) is 16.7. The van der Waals surface area contributed by atoms with Crippen LogP contribution in [0.1, 0.15) is 43.8 Å². The summed E-state index contributed by atoms with van der Waals surface area (Å²) < 4.78 is 27.7. The first-order chi connectivity index (χ1) is 10.2. The van der Waals surface area contributed by atoms with Crippen LogP contribution >= 0.6 is 12.0 Å². The van der Waals surface area contributed by atoms with E-state index in [1.165, 1.54) is 25.0 Å². The first-order valence-corrected chi connectivity index (χ1v) is 8.46. The average molecular weight is 313 g/mol. The van der Waals surface area contributed by atoms with Crippen molar-refractivity contribution >= 4 is 12.0 Å². The number of hydrogen-bond acceptors (Lipinski definition) is 4. The molecule has 0 radical (unpaired) electrons. The summed E-state index contributed by atoms with van der Waals surface area (Å²) >= 11 is 0.882. The van der Waals surface area contributed by atoms with Crippen LogP contribution in [0.5, 0.6) is 0 Å². The zero-order valence-electron chi connectivity index (χ0n) is 12.5. The second-order valence-electron chi connectivity index (χ2n) is 5.64. The van der Waals surface area contributed by atoms with Crippen molar-refractivity contribution in [2.75, 3.05) is 19.4 Å². The van der Waals surface area contributed by atoms with Crippen LogP contribution in [0, 0.1) is 5.82 Å². The predicted molar refractivity (Wildman–Crippen MR) is 85.1 cm³/mol. The number of nitrogens with one attached hydrogen (secondary N) is 1. The molecule has 0 heterocycles. The summed E-state index contributed by atoms with van der Waals surface area (Å²) in [6.45, 7) is 0.856. The zero-order chi connectivity index (χ0) is 15.1. The second-order valence-corrected chi connectivity index (χ2v) is 6.31. The Bertz CT molecular complexity index is 421. The Labute approximate surface area is 130 Å². The van der Waals surface area contributed by atoms with Crippen LogP contribution in [0.25, 0.3) is 0 Å². The number of benzene rings is 1. The second kappa shape index (κ2) is 8.13. The van der Waals surface area contributed by atoms with Gasteiger partial charge in [0.05, 0.1) is 0 Å². The molecule has 2 rings (SSSR count). The van der Waals surface area contributed by atoms with Crippen molar-refractivity contribution in [2.45, 2.75) is 43.7 Å². The Morgan fingerprint density at radius 1 is 1.33 bits per heavy atom. The van der Waals surface area contributed by atoms with E-state index in [0.717, 1.165) is 49.2 Å². The number of rotatable bonds is 8. The normalized spacial score (nSPS) is 18.8. The summed E-state index contributed by atoms with van der Waals surface area (Å²) in [5.74, 6) is 0.513. The van der Waals surface area contributed by atoms with E-state index >= 15 is 0 Å². The van der Waals surface area contributed by atoms with E-state index in [1.54, 1.807) is 7.11 Å². The fraction of sp³-hybridized carbons (Fsp3) is 0.625. The molecule has 1 aliphatic rings. The van der Waals surface area contributed by atoms with Crippen molar-refractivity contribution in [3.8, 4) is 0 Å². The Hall–Kier alpha value is -0.620. The van der Waals surface area contributed by atoms with Gasteiger partial charge in [0.2, 0.25) is 0 Å². The van der Waals surface area contributed by atoms with Crippen LogP contribution < -0.4 is 5.32 Å². The molecule has 1 aromatic carbocycles. The molecule has 0 aliphatic heterocycles. The third kappa shape index (κ3) is 4.19. The molecular weight excluding hydrogens is 289 g/mol. The highest BCUT2D eigenvalue weighted by molar-refractivity contribution is 7.93. The van der Waals surface area contributed by atoms with Gasteiger partial charge in [0.1, 0.15) is 11.9 Å². The van der Waals surface area contributed by atoms with E-state index in [0.29, 0.717) is 0 Å². The predicted octanol–water partition coefficient (Wildman–Crippen LogP) is 4.01. The maximum absolute atomic E-state index is 13.1. The van der Waals surface area contributed by atoms with Crippen LogP contribution in [0.4, 0.5) is 4.39 Å². The zero-order valence-corrected chi connectivity index (χ0v) is 13.3. The summed E-state index contributed by atoms with van der Waals surface area (Å²) in [4.78, 5) is 0. The molecule has 3 nitrogen and oxygen atoms in total. The van der Waals surface area contributed by atoms with Crippen LogP contribution in [0.2, 0.25) is 0 Å². The van der Waals surface area contributed by atoms with E-state index in [1.807, 2.05) is 12.1 Å². The Morgan fingerprint density at radius 2 is 2.00 bits per heavy atom. The molecule has 1 saturated carbocycles. The van der Waals surface area contributed by atoms with Gasteiger partial charge in [-0.25, -0.2) is 4.39 Å². The fourth-order valence-corrected chi connectivity index (χ4v) is 3.60. The molecule has 1 aliphatic carbocycles. The highest BCUT2D eigenvalue weighted by Gasteiger charge is 2.41. The lowest BCUT2D eigenvalue weighted by molar-refractivity contribution is 0.0170. The van der Waals surface area contributed by atoms with Gasteiger partial charge in [-0.1, -0.05) is 25.0 Å². The van der Waals surface area contributed by atoms with Gasteiger partial charge < -0.3 is 14.6 Å².